The molecule has 144 valence electrons. The number of hydrogen-bond donors (Lipinski definition) is 2. The minimum Gasteiger partial charge on any atom is -0.455 e. The van der Waals surface area contributed by atoms with Crippen LogP contribution in [-0.2, 0) is 0 Å². The van der Waals surface area contributed by atoms with Crippen LogP contribution < -0.4 is 15.4 Å². The molecule has 2 heterocycles. The number of nitrogens with zero attached hydrogens (tertiary/aromatic N) is 2. The van der Waals surface area contributed by atoms with Crippen LogP contribution in [0.15, 0.2) is 83.5 Å². The Hall–Kier alpha value is -4.13. The topological polar surface area (TPSA) is 89.3 Å². The molecule has 0 aliphatic heterocycles. The first kappa shape index (κ1) is 18.2. The molecule has 0 bridgehead atoms. The Labute approximate surface area is 167 Å². The van der Waals surface area contributed by atoms with Crippen LogP contribution in [0.5, 0.6) is 11.5 Å². The van der Waals surface area contributed by atoms with E-state index in [0.717, 1.165) is 11.4 Å². The summed E-state index contributed by atoms with van der Waals surface area (Å²) in [5.41, 5.74) is 1.17. The molecule has 2 N–H and O–H groups in total. The number of benzene rings is 2. The van der Waals surface area contributed by atoms with Crippen molar-refractivity contribution in [3.63, 3.8) is 0 Å². The zero-order valence-corrected chi connectivity index (χ0v) is 15.6. The number of anilines is 3. The van der Waals surface area contributed by atoms with E-state index in [9.17, 15) is 4.79 Å². The Kier molecular flexibility index (Phi) is 5.20. The van der Waals surface area contributed by atoms with Crippen LogP contribution in [0.4, 0.5) is 17.3 Å². The number of amides is 1. The first-order valence-corrected chi connectivity index (χ1v) is 8.97. The van der Waals surface area contributed by atoms with E-state index in [-0.39, 0.29) is 5.91 Å². The van der Waals surface area contributed by atoms with Gasteiger partial charge in [0.2, 0.25) is 0 Å². The highest BCUT2D eigenvalue weighted by molar-refractivity contribution is 6.03. The van der Waals surface area contributed by atoms with Gasteiger partial charge in [-0.1, -0.05) is 35.5 Å². The average Bonchev–Trinajstić information content (AvgIpc) is 3.15. The number of hydrogen-bond acceptors (Lipinski definition) is 6. The van der Waals surface area contributed by atoms with Crippen molar-refractivity contribution in [2.24, 2.45) is 0 Å². The second kappa shape index (κ2) is 8.26. The minimum absolute atomic E-state index is 0.315. The number of ether oxygens (including phenoxy) is 1. The lowest BCUT2D eigenvalue weighted by atomic mass is 10.2. The van der Waals surface area contributed by atoms with Gasteiger partial charge in [-0.3, -0.25) is 4.79 Å². The van der Waals surface area contributed by atoms with E-state index in [1.165, 1.54) is 6.20 Å². The highest BCUT2D eigenvalue weighted by atomic mass is 16.5. The van der Waals surface area contributed by atoms with E-state index in [4.69, 9.17) is 9.26 Å². The monoisotopic (exact) mass is 386 g/mol. The Morgan fingerprint density at radius 1 is 0.966 bits per heavy atom. The molecule has 0 radical (unpaired) electrons. The standard InChI is InChI=1S/C22H18N4O3/c1-15-13-21(26-29-15)25-22(27)16-11-12-20(23-14-16)24-18-9-5-6-10-19(18)28-17-7-3-2-4-8-17/h2-14H,1H3,(H,23,24)(H,25,26,27). The van der Waals surface area contributed by atoms with E-state index in [2.05, 4.69) is 20.8 Å². The lowest BCUT2D eigenvalue weighted by molar-refractivity contribution is 0.102. The van der Waals surface area contributed by atoms with Crippen molar-refractivity contribution in [3.05, 3.63) is 90.3 Å². The largest absolute Gasteiger partial charge is 0.455 e. The third-order valence-corrected chi connectivity index (χ3v) is 4.02. The van der Waals surface area contributed by atoms with Crippen LogP contribution in [-0.4, -0.2) is 16.0 Å². The predicted molar refractivity (Wildman–Crippen MR) is 110 cm³/mol. The molecule has 4 aromatic rings. The maximum absolute atomic E-state index is 12.3. The fraction of sp³-hybridized carbons (Fsp3) is 0.0455. The molecule has 0 atom stereocenters. The summed E-state index contributed by atoms with van der Waals surface area (Å²) in [7, 11) is 0. The van der Waals surface area contributed by atoms with Crippen LogP contribution in [0.25, 0.3) is 0 Å². The molecule has 0 saturated heterocycles. The van der Waals surface area contributed by atoms with Gasteiger partial charge in [0.05, 0.1) is 11.3 Å². The molecule has 0 unspecified atom stereocenters. The number of para-hydroxylation sites is 3. The molecule has 7 heteroatoms. The van der Waals surface area contributed by atoms with Gasteiger partial charge in [0, 0.05) is 12.3 Å². The maximum Gasteiger partial charge on any atom is 0.258 e. The average molecular weight is 386 g/mol. The third kappa shape index (κ3) is 4.59. The van der Waals surface area contributed by atoms with Crippen molar-refractivity contribution in [2.75, 3.05) is 10.6 Å². The second-order valence-corrected chi connectivity index (χ2v) is 6.25. The Bertz CT molecular complexity index is 1110. The molecule has 0 saturated carbocycles. The molecule has 0 fully saturated rings. The number of nitrogens with one attached hydrogen (secondary N) is 2. The third-order valence-electron chi connectivity index (χ3n) is 4.02. The van der Waals surface area contributed by atoms with Gasteiger partial charge >= 0.3 is 0 Å². The molecule has 2 aromatic heterocycles. The van der Waals surface area contributed by atoms with E-state index in [0.29, 0.717) is 28.7 Å². The van der Waals surface area contributed by atoms with Gasteiger partial charge in [0.15, 0.2) is 11.6 Å². The quantitative estimate of drug-likeness (QED) is 0.475. The number of carbonyl (C=O) groups excluding carboxylic acids is 1. The smallest absolute Gasteiger partial charge is 0.258 e. The first-order chi connectivity index (χ1) is 14.2. The summed E-state index contributed by atoms with van der Waals surface area (Å²) in [4.78, 5) is 16.6. The molecule has 0 aliphatic carbocycles. The summed E-state index contributed by atoms with van der Waals surface area (Å²) in [5, 5.41) is 9.62. The molecule has 2 aromatic carbocycles. The summed E-state index contributed by atoms with van der Waals surface area (Å²) in [5.74, 6) is 2.66. The summed E-state index contributed by atoms with van der Waals surface area (Å²) < 4.78 is 10.9. The van der Waals surface area contributed by atoms with Crippen molar-refractivity contribution in [2.45, 2.75) is 6.92 Å². The predicted octanol–water partition coefficient (Wildman–Crippen LogP) is 5.17. The van der Waals surface area contributed by atoms with Crippen LogP contribution in [0, 0.1) is 6.92 Å². The maximum atomic E-state index is 12.3. The Morgan fingerprint density at radius 2 is 1.76 bits per heavy atom. The van der Waals surface area contributed by atoms with Crippen molar-refractivity contribution in [1.82, 2.24) is 10.1 Å². The summed E-state index contributed by atoms with van der Waals surface area (Å²) in [6, 6.07) is 22.2. The number of rotatable bonds is 6. The van der Waals surface area contributed by atoms with Gasteiger partial charge in [-0.05, 0) is 43.3 Å². The fourth-order valence-corrected chi connectivity index (χ4v) is 2.63. The molecule has 1 amide bonds. The van der Waals surface area contributed by atoms with E-state index in [1.807, 2.05) is 54.6 Å². The summed E-state index contributed by atoms with van der Waals surface area (Å²) in [6.07, 6.45) is 1.49. The molecule has 29 heavy (non-hydrogen) atoms. The van der Waals surface area contributed by atoms with Gasteiger partial charge in [-0.15, -0.1) is 0 Å². The molecule has 7 nitrogen and oxygen atoms in total. The molecule has 0 aliphatic rings. The van der Waals surface area contributed by atoms with Crippen molar-refractivity contribution >= 4 is 23.2 Å². The van der Waals surface area contributed by atoms with E-state index >= 15 is 0 Å². The van der Waals surface area contributed by atoms with Crippen LogP contribution in [0.1, 0.15) is 16.1 Å². The molecule has 0 spiro atoms. The Balaban J connectivity index is 1.46. The zero-order valence-electron chi connectivity index (χ0n) is 15.6. The lowest BCUT2D eigenvalue weighted by Crippen LogP contribution is -2.12. The zero-order chi connectivity index (χ0) is 20.1. The highest BCUT2D eigenvalue weighted by Gasteiger charge is 2.10. The molecule has 4 rings (SSSR count). The van der Waals surface area contributed by atoms with Gasteiger partial charge in [0.1, 0.15) is 17.3 Å². The first-order valence-electron chi connectivity index (χ1n) is 8.97. The van der Waals surface area contributed by atoms with Crippen LogP contribution in [0.3, 0.4) is 0 Å². The van der Waals surface area contributed by atoms with Gasteiger partial charge in [0.25, 0.3) is 5.91 Å². The number of aryl methyl sites for hydroxylation is 1. The summed E-state index contributed by atoms with van der Waals surface area (Å²) >= 11 is 0. The normalized spacial score (nSPS) is 10.4. The minimum atomic E-state index is -0.315. The van der Waals surface area contributed by atoms with Crippen LogP contribution in [0.2, 0.25) is 0 Å². The van der Waals surface area contributed by atoms with Crippen molar-refractivity contribution < 1.29 is 14.1 Å². The van der Waals surface area contributed by atoms with Crippen molar-refractivity contribution in [3.8, 4) is 11.5 Å². The molecular weight excluding hydrogens is 368 g/mol. The van der Waals surface area contributed by atoms with E-state index < -0.39 is 0 Å². The number of pyridine rings is 1. The number of aromatic nitrogens is 2. The number of carbonyl (C=O) groups is 1. The summed E-state index contributed by atoms with van der Waals surface area (Å²) in [6.45, 7) is 1.75. The fourth-order valence-electron chi connectivity index (χ4n) is 2.63. The van der Waals surface area contributed by atoms with Gasteiger partial charge < -0.3 is 19.9 Å². The lowest BCUT2D eigenvalue weighted by Gasteiger charge is -2.12. The van der Waals surface area contributed by atoms with Crippen molar-refractivity contribution in [1.29, 1.82) is 0 Å². The van der Waals surface area contributed by atoms with E-state index in [1.54, 1.807) is 25.1 Å². The highest BCUT2D eigenvalue weighted by Crippen LogP contribution is 2.30. The SMILES string of the molecule is Cc1cc(NC(=O)c2ccc(Nc3ccccc3Oc3ccccc3)nc2)no1. The van der Waals surface area contributed by atoms with Crippen LogP contribution >= 0.6 is 0 Å². The van der Waals surface area contributed by atoms with Gasteiger partial charge in [-0.2, -0.15) is 0 Å². The Morgan fingerprint density at radius 3 is 2.48 bits per heavy atom. The van der Waals surface area contributed by atoms with Gasteiger partial charge in [-0.25, -0.2) is 4.98 Å². The second-order valence-electron chi connectivity index (χ2n) is 6.25. The molecular formula is C22H18N4O3.